The minimum absolute atomic E-state index is 0.0442. The SMILES string of the molecule is COCCOC(=O)C1=C(N2CCCCCC2)O/C(=C\c2c[nH]c3ncccc23)C1=O. The second-order valence-corrected chi connectivity index (χ2v) is 7.29. The quantitative estimate of drug-likeness (QED) is 0.338. The molecule has 1 fully saturated rings. The van der Waals surface area contributed by atoms with Crippen LogP contribution in [-0.4, -0.2) is 60.0 Å². The maximum atomic E-state index is 13.1. The van der Waals surface area contributed by atoms with Crippen LogP contribution in [0.25, 0.3) is 17.1 Å². The summed E-state index contributed by atoms with van der Waals surface area (Å²) in [5.41, 5.74) is 1.44. The first-order valence-corrected chi connectivity index (χ1v) is 10.2. The van der Waals surface area contributed by atoms with Crippen molar-refractivity contribution in [2.75, 3.05) is 33.4 Å². The number of nitrogens with one attached hydrogen (secondary N) is 1. The molecule has 2 aliphatic rings. The van der Waals surface area contributed by atoms with Crippen LogP contribution in [0.2, 0.25) is 0 Å². The van der Waals surface area contributed by atoms with Crippen LogP contribution >= 0.6 is 0 Å². The Morgan fingerprint density at radius 1 is 1.27 bits per heavy atom. The Bertz CT molecular complexity index is 999. The number of ketones is 1. The van der Waals surface area contributed by atoms with Gasteiger partial charge in [-0.25, -0.2) is 9.78 Å². The van der Waals surface area contributed by atoms with Crippen molar-refractivity contribution in [1.29, 1.82) is 0 Å². The lowest BCUT2D eigenvalue weighted by Gasteiger charge is -2.23. The van der Waals surface area contributed by atoms with Gasteiger partial charge in [0.05, 0.1) is 6.61 Å². The van der Waals surface area contributed by atoms with Gasteiger partial charge in [0.1, 0.15) is 12.3 Å². The summed E-state index contributed by atoms with van der Waals surface area (Å²) in [4.78, 5) is 35.2. The zero-order valence-corrected chi connectivity index (χ0v) is 17.0. The van der Waals surface area contributed by atoms with Crippen molar-refractivity contribution in [3.63, 3.8) is 0 Å². The zero-order valence-electron chi connectivity index (χ0n) is 17.0. The minimum Gasteiger partial charge on any atom is -0.459 e. The number of carbonyl (C=O) groups is 2. The highest BCUT2D eigenvalue weighted by molar-refractivity contribution is 6.26. The highest BCUT2D eigenvalue weighted by Crippen LogP contribution is 2.32. The number of allylic oxidation sites excluding steroid dienone is 1. The summed E-state index contributed by atoms with van der Waals surface area (Å²) in [6.07, 6.45) is 9.32. The van der Waals surface area contributed by atoms with Gasteiger partial charge in [-0.3, -0.25) is 4.79 Å². The van der Waals surface area contributed by atoms with Gasteiger partial charge in [0.15, 0.2) is 11.3 Å². The Labute approximate surface area is 174 Å². The second-order valence-electron chi connectivity index (χ2n) is 7.29. The number of esters is 1. The number of carbonyl (C=O) groups excluding carboxylic acids is 2. The fourth-order valence-corrected chi connectivity index (χ4v) is 3.72. The molecule has 0 amide bonds. The summed E-state index contributed by atoms with van der Waals surface area (Å²) < 4.78 is 16.2. The number of likely N-dealkylation sites (tertiary alicyclic amines) is 1. The van der Waals surface area contributed by atoms with Crippen molar-refractivity contribution in [1.82, 2.24) is 14.9 Å². The summed E-state index contributed by atoms with van der Waals surface area (Å²) in [6, 6.07) is 3.74. The van der Waals surface area contributed by atoms with Gasteiger partial charge in [0.25, 0.3) is 0 Å². The van der Waals surface area contributed by atoms with Gasteiger partial charge < -0.3 is 24.1 Å². The number of hydrogen-bond acceptors (Lipinski definition) is 7. The van der Waals surface area contributed by atoms with Crippen molar-refractivity contribution in [2.45, 2.75) is 25.7 Å². The number of ether oxygens (including phenoxy) is 3. The number of rotatable bonds is 6. The predicted octanol–water partition coefficient (Wildman–Crippen LogP) is 2.78. The fourth-order valence-electron chi connectivity index (χ4n) is 3.72. The molecule has 4 heterocycles. The summed E-state index contributed by atoms with van der Waals surface area (Å²) in [7, 11) is 1.52. The molecule has 2 aromatic rings. The zero-order chi connectivity index (χ0) is 20.9. The van der Waals surface area contributed by atoms with Crippen LogP contribution in [0.5, 0.6) is 0 Å². The van der Waals surface area contributed by atoms with Crippen molar-refractivity contribution in [3.8, 4) is 0 Å². The molecule has 0 saturated carbocycles. The first-order chi connectivity index (χ1) is 14.7. The van der Waals surface area contributed by atoms with Crippen LogP contribution in [0.1, 0.15) is 31.2 Å². The number of fused-ring (bicyclic) bond motifs is 1. The molecule has 2 aromatic heterocycles. The van der Waals surface area contributed by atoms with Gasteiger partial charge in [0.2, 0.25) is 11.7 Å². The number of nitrogens with zero attached hydrogens (tertiary/aromatic N) is 2. The number of methoxy groups -OCH3 is 1. The van der Waals surface area contributed by atoms with Crippen LogP contribution in [0.4, 0.5) is 0 Å². The van der Waals surface area contributed by atoms with E-state index in [4.69, 9.17) is 14.2 Å². The van der Waals surface area contributed by atoms with E-state index in [9.17, 15) is 9.59 Å². The average Bonchev–Trinajstić information content (AvgIpc) is 3.17. The summed E-state index contributed by atoms with van der Waals surface area (Å²) >= 11 is 0. The maximum absolute atomic E-state index is 13.1. The largest absolute Gasteiger partial charge is 0.459 e. The van der Waals surface area contributed by atoms with E-state index in [1.54, 1.807) is 18.5 Å². The van der Waals surface area contributed by atoms with Gasteiger partial charge in [-0.15, -0.1) is 0 Å². The maximum Gasteiger partial charge on any atom is 0.347 e. The Morgan fingerprint density at radius 2 is 2.07 bits per heavy atom. The van der Waals surface area contributed by atoms with E-state index in [1.165, 1.54) is 7.11 Å². The minimum atomic E-state index is -0.680. The van der Waals surface area contributed by atoms with Gasteiger partial charge in [-0.2, -0.15) is 0 Å². The number of aromatic amines is 1. The predicted molar refractivity (Wildman–Crippen MR) is 110 cm³/mol. The lowest BCUT2D eigenvalue weighted by molar-refractivity contribution is -0.141. The molecular weight excluding hydrogens is 386 g/mol. The van der Waals surface area contributed by atoms with Crippen molar-refractivity contribution in [3.05, 3.63) is 47.3 Å². The second kappa shape index (κ2) is 9.13. The van der Waals surface area contributed by atoms with E-state index < -0.39 is 11.8 Å². The summed E-state index contributed by atoms with van der Waals surface area (Å²) in [5, 5.41) is 0.869. The standard InChI is InChI=1S/C22H25N3O5/c1-28-11-12-29-22(27)18-19(26)17(30-21(18)25-9-4-2-3-5-10-25)13-15-14-24-20-16(15)7-6-8-23-20/h6-8,13-14H,2-5,9-12H2,1H3,(H,23,24)/b17-13-. The van der Waals surface area contributed by atoms with Crippen molar-refractivity contribution in [2.24, 2.45) is 0 Å². The van der Waals surface area contributed by atoms with Crippen LogP contribution in [0.3, 0.4) is 0 Å². The fraction of sp³-hybridized carbons (Fsp3) is 0.409. The van der Waals surface area contributed by atoms with E-state index in [0.717, 1.165) is 55.4 Å². The van der Waals surface area contributed by atoms with E-state index in [2.05, 4.69) is 9.97 Å². The number of H-pyrrole nitrogens is 1. The third kappa shape index (κ3) is 4.09. The van der Waals surface area contributed by atoms with Crippen LogP contribution in [0, 0.1) is 0 Å². The molecule has 8 nitrogen and oxygen atoms in total. The Hall–Kier alpha value is -3.13. The van der Waals surface area contributed by atoms with Crippen molar-refractivity contribution < 1.29 is 23.8 Å². The Kier molecular flexibility index (Phi) is 6.13. The van der Waals surface area contributed by atoms with E-state index in [0.29, 0.717) is 5.88 Å². The molecule has 0 unspecified atom stereocenters. The van der Waals surface area contributed by atoms with Crippen LogP contribution in [-0.2, 0) is 23.8 Å². The Balaban J connectivity index is 1.66. The first kappa shape index (κ1) is 20.2. The van der Waals surface area contributed by atoms with Gasteiger partial charge >= 0.3 is 5.97 Å². The summed E-state index contributed by atoms with van der Waals surface area (Å²) in [5.74, 6) is -0.735. The van der Waals surface area contributed by atoms with Crippen LogP contribution in [0.15, 0.2) is 41.7 Å². The molecule has 0 radical (unpaired) electrons. The van der Waals surface area contributed by atoms with Crippen molar-refractivity contribution >= 4 is 28.9 Å². The molecule has 0 bridgehead atoms. The van der Waals surface area contributed by atoms with Crippen LogP contribution < -0.4 is 0 Å². The molecule has 30 heavy (non-hydrogen) atoms. The third-order valence-electron chi connectivity index (χ3n) is 5.26. The monoisotopic (exact) mass is 411 g/mol. The van der Waals surface area contributed by atoms with E-state index in [-0.39, 0.29) is 24.5 Å². The molecule has 0 spiro atoms. The normalized spacial score (nSPS) is 18.8. The van der Waals surface area contributed by atoms with E-state index >= 15 is 0 Å². The van der Waals surface area contributed by atoms with Gasteiger partial charge in [-0.1, -0.05) is 12.8 Å². The third-order valence-corrected chi connectivity index (χ3v) is 5.26. The highest BCUT2D eigenvalue weighted by atomic mass is 16.6. The van der Waals surface area contributed by atoms with Gasteiger partial charge in [-0.05, 0) is 31.1 Å². The molecule has 2 aliphatic heterocycles. The molecule has 8 heteroatoms. The smallest absolute Gasteiger partial charge is 0.347 e. The number of pyridine rings is 1. The lowest BCUT2D eigenvalue weighted by atomic mass is 10.1. The average molecular weight is 411 g/mol. The van der Waals surface area contributed by atoms with Gasteiger partial charge in [0, 0.05) is 43.5 Å². The lowest BCUT2D eigenvalue weighted by Crippen LogP contribution is -2.27. The molecular formula is C22H25N3O5. The molecule has 1 saturated heterocycles. The number of Topliss-reactive ketones (excluding diaryl/α,β-unsaturated/α-hetero) is 1. The molecule has 0 aromatic carbocycles. The molecule has 0 atom stereocenters. The van der Waals surface area contributed by atoms with E-state index in [1.807, 2.05) is 17.0 Å². The Morgan fingerprint density at radius 3 is 2.83 bits per heavy atom. The molecule has 1 N–H and O–H groups in total. The first-order valence-electron chi connectivity index (χ1n) is 10.2. The molecule has 4 rings (SSSR count). The number of hydrogen-bond donors (Lipinski definition) is 1. The highest BCUT2D eigenvalue weighted by Gasteiger charge is 2.39. The molecule has 158 valence electrons. The summed E-state index contributed by atoms with van der Waals surface area (Å²) in [6.45, 7) is 1.81. The number of aromatic nitrogens is 2. The topological polar surface area (TPSA) is 93.8 Å². The molecule has 0 aliphatic carbocycles.